The summed E-state index contributed by atoms with van der Waals surface area (Å²) >= 11 is 3.47. The van der Waals surface area contributed by atoms with Crippen LogP contribution >= 0.6 is 15.9 Å². The number of hydrogen-bond acceptors (Lipinski definition) is 4. The molecule has 0 spiro atoms. The number of rotatable bonds is 6. The van der Waals surface area contributed by atoms with Crippen LogP contribution < -0.4 is 10.2 Å². The SMILES string of the molecule is COc1ccc(B(O)O)cc1COCc1ccccc1Br. The molecule has 0 bridgehead atoms. The monoisotopic (exact) mass is 350 g/mol. The molecule has 0 unspecified atom stereocenters. The molecule has 2 aromatic carbocycles. The van der Waals surface area contributed by atoms with Gasteiger partial charge in [0.2, 0.25) is 0 Å². The number of halogens is 1. The van der Waals surface area contributed by atoms with Crippen LogP contribution in [0.2, 0.25) is 0 Å². The van der Waals surface area contributed by atoms with E-state index < -0.39 is 7.12 Å². The third-order valence-electron chi connectivity index (χ3n) is 3.08. The second-order valence-electron chi connectivity index (χ2n) is 4.53. The van der Waals surface area contributed by atoms with Crippen molar-refractivity contribution in [2.45, 2.75) is 13.2 Å². The van der Waals surface area contributed by atoms with Gasteiger partial charge in [-0.15, -0.1) is 0 Å². The Labute approximate surface area is 132 Å². The Morgan fingerprint density at radius 2 is 1.76 bits per heavy atom. The van der Waals surface area contributed by atoms with Gasteiger partial charge < -0.3 is 19.5 Å². The zero-order chi connectivity index (χ0) is 15.2. The molecule has 0 saturated heterocycles. The minimum Gasteiger partial charge on any atom is -0.496 e. The average Bonchev–Trinajstić information content (AvgIpc) is 2.49. The first-order valence-electron chi connectivity index (χ1n) is 6.46. The molecule has 0 amide bonds. The van der Waals surface area contributed by atoms with Crippen LogP contribution in [-0.4, -0.2) is 24.3 Å². The molecule has 2 aromatic rings. The number of hydrogen-bond donors (Lipinski definition) is 2. The highest BCUT2D eigenvalue weighted by molar-refractivity contribution is 9.10. The third kappa shape index (κ3) is 4.31. The van der Waals surface area contributed by atoms with E-state index in [4.69, 9.17) is 9.47 Å². The molecule has 110 valence electrons. The van der Waals surface area contributed by atoms with E-state index in [9.17, 15) is 10.0 Å². The van der Waals surface area contributed by atoms with E-state index >= 15 is 0 Å². The topological polar surface area (TPSA) is 58.9 Å². The van der Waals surface area contributed by atoms with Gasteiger partial charge in [0.15, 0.2) is 0 Å². The van der Waals surface area contributed by atoms with Crippen LogP contribution in [0.4, 0.5) is 0 Å². The normalized spacial score (nSPS) is 10.5. The second-order valence-corrected chi connectivity index (χ2v) is 5.38. The highest BCUT2D eigenvalue weighted by Gasteiger charge is 2.14. The van der Waals surface area contributed by atoms with Crippen molar-refractivity contribution in [3.05, 3.63) is 58.1 Å². The molecule has 6 heteroatoms. The maximum absolute atomic E-state index is 9.22. The Morgan fingerprint density at radius 3 is 2.43 bits per heavy atom. The minimum atomic E-state index is -1.50. The van der Waals surface area contributed by atoms with Gasteiger partial charge in [0, 0.05) is 10.0 Å². The predicted molar refractivity (Wildman–Crippen MR) is 85.5 cm³/mol. The number of methoxy groups -OCH3 is 1. The van der Waals surface area contributed by atoms with E-state index in [2.05, 4.69) is 15.9 Å². The summed E-state index contributed by atoms with van der Waals surface area (Å²) in [4.78, 5) is 0. The van der Waals surface area contributed by atoms with Gasteiger partial charge in [-0.05, 0) is 23.2 Å². The molecule has 2 N–H and O–H groups in total. The van der Waals surface area contributed by atoms with Gasteiger partial charge in [-0.1, -0.05) is 46.3 Å². The summed E-state index contributed by atoms with van der Waals surface area (Å²) in [6.45, 7) is 0.779. The van der Waals surface area contributed by atoms with Crippen LogP contribution in [-0.2, 0) is 18.0 Å². The molecular formula is C15H16BBrO4. The van der Waals surface area contributed by atoms with Gasteiger partial charge in [0.1, 0.15) is 5.75 Å². The lowest BCUT2D eigenvalue weighted by Gasteiger charge is -2.12. The molecule has 0 aliphatic rings. The minimum absolute atomic E-state index is 0.324. The first-order chi connectivity index (χ1) is 10.1. The largest absolute Gasteiger partial charge is 0.496 e. The van der Waals surface area contributed by atoms with Crippen molar-refractivity contribution in [3.8, 4) is 5.75 Å². The highest BCUT2D eigenvalue weighted by atomic mass is 79.9. The zero-order valence-electron chi connectivity index (χ0n) is 11.6. The summed E-state index contributed by atoms with van der Waals surface area (Å²) in [6.07, 6.45) is 0. The molecule has 2 rings (SSSR count). The predicted octanol–water partition coefficient (Wildman–Crippen LogP) is 1.85. The van der Waals surface area contributed by atoms with Crippen molar-refractivity contribution >= 4 is 28.5 Å². The van der Waals surface area contributed by atoms with Crippen molar-refractivity contribution in [1.82, 2.24) is 0 Å². The molecule has 0 aromatic heterocycles. The lowest BCUT2D eigenvalue weighted by atomic mass is 9.79. The van der Waals surface area contributed by atoms with Crippen LogP contribution in [0.25, 0.3) is 0 Å². The molecule has 0 saturated carbocycles. The molecule has 0 aliphatic heterocycles. The lowest BCUT2D eigenvalue weighted by molar-refractivity contribution is 0.105. The van der Waals surface area contributed by atoms with E-state index in [1.54, 1.807) is 25.3 Å². The van der Waals surface area contributed by atoms with Crippen LogP contribution in [0.3, 0.4) is 0 Å². The Bertz CT molecular complexity index is 604. The first kappa shape index (κ1) is 16.0. The molecule has 4 nitrogen and oxygen atoms in total. The number of ether oxygens (including phenoxy) is 2. The van der Waals surface area contributed by atoms with E-state index in [0.29, 0.717) is 24.4 Å². The lowest BCUT2D eigenvalue weighted by Crippen LogP contribution is -2.30. The maximum Gasteiger partial charge on any atom is 0.488 e. The summed E-state index contributed by atoms with van der Waals surface area (Å²) in [5.41, 5.74) is 2.24. The van der Waals surface area contributed by atoms with Crippen molar-refractivity contribution in [2.24, 2.45) is 0 Å². The van der Waals surface area contributed by atoms with Crippen LogP contribution in [0.5, 0.6) is 5.75 Å². The van der Waals surface area contributed by atoms with Gasteiger partial charge in [-0.3, -0.25) is 0 Å². The Kier molecular flexibility index (Phi) is 5.81. The van der Waals surface area contributed by atoms with Crippen molar-refractivity contribution in [1.29, 1.82) is 0 Å². The van der Waals surface area contributed by atoms with Crippen LogP contribution in [0.15, 0.2) is 46.9 Å². The maximum atomic E-state index is 9.22. The van der Waals surface area contributed by atoms with Crippen molar-refractivity contribution in [3.63, 3.8) is 0 Å². The fourth-order valence-corrected chi connectivity index (χ4v) is 2.36. The highest BCUT2D eigenvalue weighted by Crippen LogP contribution is 2.20. The molecule has 21 heavy (non-hydrogen) atoms. The Hall–Kier alpha value is -1.34. The van der Waals surface area contributed by atoms with Gasteiger partial charge in [-0.25, -0.2) is 0 Å². The quantitative estimate of drug-likeness (QED) is 0.781. The van der Waals surface area contributed by atoms with Crippen molar-refractivity contribution < 1.29 is 19.5 Å². The Morgan fingerprint density at radius 1 is 1.05 bits per heavy atom. The Balaban J connectivity index is 2.05. The second kappa shape index (κ2) is 7.61. The van der Waals surface area contributed by atoms with Gasteiger partial charge in [-0.2, -0.15) is 0 Å². The average molecular weight is 351 g/mol. The number of benzene rings is 2. The fourth-order valence-electron chi connectivity index (χ4n) is 1.96. The van der Waals surface area contributed by atoms with Gasteiger partial charge in [0.25, 0.3) is 0 Å². The van der Waals surface area contributed by atoms with Gasteiger partial charge in [0.05, 0.1) is 20.3 Å². The smallest absolute Gasteiger partial charge is 0.488 e. The summed E-state index contributed by atoms with van der Waals surface area (Å²) in [5, 5.41) is 18.4. The van der Waals surface area contributed by atoms with Gasteiger partial charge >= 0.3 is 7.12 Å². The summed E-state index contributed by atoms with van der Waals surface area (Å²) in [6, 6.07) is 12.8. The molecule has 0 aliphatic carbocycles. The van der Waals surface area contributed by atoms with E-state index in [1.165, 1.54) is 0 Å². The van der Waals surface area contributed by atoms with Crippen LogP contribution in [0, 0.1) is 0 Å². The summed E-state index contributed by atoms with van der Waals surface area (Å²) in [5.74, 6) is 0.659. The standard InChI is InChI=1S/C15H16BBrO4/c1-20-15-7-6-13(16(18)19)8-12(15)10-21-9-11-4-2-3-5-14(11)17/h2-8,18-19H,9-10H2,1H3. The zero-order valence-corrected chi connectivity index (χ0v) is 13.2. The molecule has 0 atom stereocenters. The van der Waals surface area contributed by atoms with Crippen LogP contribution in [0.1, 0.15) is 11.1 Å². The van der Waals surface area contributed by atoms with E-state index in [1.807, 2.05) is 24.3 Å². The fraction of sp³-hybridized carbons (Fsp3) is 0.200. The van der Waals surface area contributed by atoms with E-state index in [0.717, 1.165) is 15.6 Å². The summed E-state index contributed by atoms with van der Waals surface area (Å²) < 4.78 is 11.9. The van der Waals surface area contributed by atoms with Crippen molar-refractivity contribution in [2.75, 3.05) is 7.11 Å². The van der Waals surface area contributed by atoms with E-state index in [-0.39, 0.29) is 0 Å². The molecule has 0 fully saturated rings. The first-order valence-corrected chi connectivity index (χ1v) is 7.25. The molecular weight excluding hydrogens is 335 g/mol. The summed E-state index contributed by atoms with van der Waals surface area (Å²) in [7, 11) is 0.0692. The third-order valence-corrected chi connectivity index (χ3v) is 3.85. The molecule has 0 heterocycles. The molecule has 0 radical (unpaired) electrons.